The van der Waals surface area contributed by atoms with Gasteiger partial charge in [-0.15, -0.1) is 0 Å². The molecule has 0 aliphatic carbocycles. The van der Waals surface area contributed by atoms with Crippen LogP contribution in [-0.4, -0.2) is 0 Å². The van der Waals surface area contributed by atoms with E-state index >= 15 is 0 Å². The van der Waals surface area contributed by atoms with Crippen LogP contribution in [0.5, 0.6) is 0 Å². The molecule has 0 saturated heterocycles. The predicted molar refractivity (Wildman–Crippen MR) is 83.8 cm³/mol. The summed E-state index contributed by atoms with van der Waals surface area (Å²) >= 11 is 0. The van der Waals surface area contributed by atoms with Gasteiger partial charge >= 0.3 is 0 Å². The molecule has 0 bridgehead atoms. The maximum Gasteiger partial charge on any atom is 0.146 e. The van der Waals surface area contributed by atoms with Crippen LogP contribution in [0.2, 0.25) is 0 Å². The zero-order valence-corrected chi connectivity index (χ0v) is 12.8. The summed E-state index contributed by atoms with van der Waals surface area (Å²) in [4.78, 5) is 0. The van der Waals surface area contributed by atoms with Crippen LogP contribution in [0.4, 0.5) is 10.1 Å². The number of hydrogen-bond acceptors (Lipinski definition) is 1. The van der Waals surface area contributed by atoms with E-state index in [0.717, 1.165) is 5.56 Å². The quantitative estimate of drug-likeness (QED) is 0.805. The normalized spacial score (nSPS) is 12.3. The Balaban J connectivity index is 2.33. The van der Waals surface area contributed by atoms with Crippen LogP contribution in [0.3, 0.4) is 0 Å². The molecule has 1 unspecified atom stereocenters. The number of halogens is 1. The first kappa shape index (κ1) is 14.6. The fourth-order valence-electron chi connectivity index (χ4n) is 2.56. The molecular formula is C18H22FN. The van der Waals surface area contributed by atoms with Gasteiger partial charge in [0.2, 0.25) is 0 Å². The van der Waals surface area contributed by atoms with Crippen LogP contribution >= 0.6 is 0 Å². The molecule has 0 fully saturated rings. The van der Waals surface area contributed by atoms with Gasteiger partial charge in [-0.1, -0.05) is 24.3 Å². The van der Waals surface area contributed by atoms with Gasteiger partial charge < -0.3 is 5.32 Å². The Morgan fingerprint density at radius 1 is 0.900 bits per heavy atom. The highest BCUT2D eigenvalue weighted by atomic mass is 19.1. The Kier molecular flexibility index (Phi) is 4.12. The smallest absolute Gasteiger partial charge is 0.146 e. The van der Waals surface area contributed by atoms with Crippen molar-refractivity contribution in [3.8, 4) is 0 Å². The third kappa shape index (κ3) is 2.84. The lowest BCUT2D eigenvalue weighted by atomic mass is 9.96. The van der Waals surface area contributed by atoms with Crippen LogP contribution in [0.1, 0.15) is 40.8 Å². The van der Waals surface area contributed by atoms with E-state index in [0.29, 0.717) is 5.69 Å². The summed E-state index contributed by atoms with van der Waals surface area (Å²) < 4.78 is 13.9. The molecule has 0 radical (unpaired) electrons. The average Bonchev–Trinajstić information content (AvgIpc) is 2.38. The Hall–Kier alpha value is -1.83. The van der Waals surface area contributed by atoms with E-state index in [1.165, 1.54) is 28.3 Å². The van der Waals surface area contributed by atoms with Crippen molar-refractivity contribution in [3.63, 3.8) is 0 Å². The number of benzene rings is 2. The number of para-hydroxylation sites is 1. The van der Waals surface area contributed by atoms with Crippen molar-refractivity contribution in [2.75, 3.05) is 5.32 Å². The topological polar surface area (TPSA) is 12.0 Å². The summed E-state index contributed by atoms with van der Waals surface area (Å²) in [5.41, 5.74) is 6.54. The Labute approximate surface area is 120 Å². The molecule has 1 nitrogen and oxygen atoms in total. The van der Waals surface area contributed by atoms with Crippen LogP contribution in [0.15, 0.2) is 30.3 Å². The molecule has 20 heavy (non-hydrogen) atoms. The first-order valence-electron chi connectivity index (χ1n) is 6.99. The molecule has 0 aliphatic heterocycles. The number of hydrogen-bond donors (Lipinski definition) is 1. The van der Waals surface area contributed by atoms with E-state index in [9.17, 15) is 4.39 Å². The Bertz CT molecular complexity index is 611. The van der Waals surface area contributed by atoms with Crippen LogP contribution < -0.4 is 5.32 Å². The van der Waals surface area contributed by atoms with E-state index in [-0.39, 0.29) is 11.9 Å². The largest absolute Gasteiger partial charge is 0.376 e. The summed E-state index contributed by atoms with van der Waals surface area (Å²) in [6, 6.07) is 9.61. The molecule has 1 N–H and O–H groups in total. The minimum Gasteiger partial charge on any atom is -0.376 e. The number of aryl methyl sites for hydroxylation is 4. The summed E-state index contributed by atoms with van der Waals surface area (Å²) in [5.74, 6) is -0.196. The van der Waals surface area contributed by atoms with Gasteiger partial charge in [-0.05, 0) is 68.5 Å². The van der Waals surface area contributed by atoms with Crippen molar-refractivity contribution in [2.24, 2.45) is 0 Å². The standard InChI is InChI=1S/C18H22FN/c1-11-7-6-8-17(19)18(11)20-15(5)16-10-13(3)12(2)9-14(16)4/h6-10,15,20H,1-5H3. The Morgan fingerprint density at radius 3 is 2.20 bits per heavy atom. The van der Waals surface area contributed by atoms with Crippen LogP contribution in [0, 0.1) is 33.5 Å². The fourth-order valence-corrected chi connectivity index (χ4v) is 2.56. The molecule has 0 spiro atoms. The number of rotatable bonds is 3. The second-order valence-corrected chi connectivity index (χ2v) is 5.59. The molecule has 2 aromatic rings. The molecule has 0 heterocycles. The van der Waals surface area contributed by atoms with Crippen molar-refractivity contribution in [2.45, 2.75) is 40.7 Å². The average molecular weight is 271 g/mol. The molecular weight excluding hydrogens is 249 g/mol. The first-order valence-corrected chi connectivity index (χ1v) is 6.99. The van der Waals surface area contributed by atoms with Gasteiger partial charge in [-0.3, -0.25) is 0 Å². The highest BCUT2D eigenvalue weighted by Crippen LogP contribution is 2.27. The maximum atomic E-state index is 13.9. The van der Waals surface area contributed by atoms with Crippen molar-refractivity contribution in [1.29, 1.82) is 0 Å². The van der Waals surface area contributed by atoms with Gasteiger partial charge in [0.1, 0.15) is 5.82 Å². The lowest BCUT2D eigenvalue weighted by Gasteiger charge is -2.21. The molecule has 0 aromatic heterocycles. The minimum atomic E-state index is -0.196. The predicted octanol–water partition coefficient (Wildman–Crippen LogP) is 5.23. The van der Waals surface area contributed by atoms with E-state index in [1.807, 2.05) is 13.0 Å². The van der Waals surface area contributed by atoms with Crippen molar-refractivity contribution < 1.29 is 4.39 Å². The second-order valence-electron chi connectivity index (χ2n) is 5.59. The molecule has 0 aliphatic rings. The molecule has 0 saturated carbocycles. The third-order valence-corrected chi connectivity index (χ3v) is 3.93. The summed E-state index contributed by atoms with van der Waals surface area (Å²) in [6.07, 6.45) is 0. The second kappa shape index (κ2) is 5.66. The molecule has 0 amide bonds. The number of nitrogens with one attached hydrogen (secondary N) is 1. The molecule has 1 atom stereocenters. The summed E-state index contributed by atoms with van der Waals surface area (Å²) in [7, 11) is 0. The zero-order chi connectivity index (χ0) is 14.9. The van der Waals surface area contributed by atoms with Gasteiger partial charge in [0, 0.05) is 6.04 Å². The van der Waals surface area contributed by atoms with Gasteiger partial charge in [0.05, 0.1) is 5.69 Å². The highest BCUT2D eigenvalue weighted by Gasteiger charge is 2.13. The van der Waals surface area contributed by atoms with Crippen molar-refractivity contribution in [1.82, 2.24) is 0 Å². The van der Waals surface area contributed by atoms with E-state index in [4.69, 9.17) is 0 Å². The summed E-state index contributed by atoms with van der Waals surface area (Å²) in [5, 5.41) is 3.31. The lowest BCUT2D eigenvalue weighted by molar-refractivity contribution is 0.626. The van der Waals surface area contributed by atoms with E-state index in [1.54, 1.807) is 6.07 Å². The molecule has 2 heteroatoms. The molecule has 2 aromatic carbocycles. The SMILES string of the molecule is Cc1cc(C)c(C(C)Nc2c(C)cccc2F)cc1C. The van der Waals surface area contributed by atoms with Crippen LogP contribution in [0.25, 0.3) is 0 Å². The third-order valence-electron chi connectivity index (χ3n) is 3.93. The zero-order valence-electron chi connectivity index (χ0n) is 12.8. The van der Waals surface area contributed by atoms with Gasteiger partial charge in [0.25, 0.3) is 0 Å². The monoisotopic (exact) mass is 271 g/mol. The van der Waals surface area contributed by atoms with Gasteiger partial charge in [0.15, 0.2) is 0 Å². The molecule has 106 valence electrons. The fraction of sp³-hybridized carbons (Fsp3) is 0.333. The van der Waals surface area contributed by atoms with Crippen molar-refractivity contribution in [3.05, 3.63) is 64.0 Å². The lowest BCUT2D eigenvalue weighted by Crippen LogP contribution is -2.11. The van der Waals surface area contributed by atoms with Crippen molar-refractivity contribution >= 4 is 5.69 Å². The summed E-state index contributed by atoms with van der Waals surface area (Å²) in [6.45, 7) is 10.3. The first-order chi connectivity index (χ1) is 9.40. The van der Waals surface area contributed by atoms with E-state index < -0.39 is 0 Å². The van der Waals surface area contributed by atoms with Crippen LogP contribution in [-0.2, 0) is 0 Å². The maximum absolute atomic E-state index is 13.9. The number of anilines is 1. The highest BCUT2D eigenvalue weighted by molar-refractivity contribution is 5.54. The molecule has 2 rings (SSSR count). The minimum absolute atomic E-state index is 0.0740. The van der Waals surface area contributed by atoms with Gasteiger partial charge in [-0.25, -0.2) is 4.39 Å². The van der Waals surface area contributed by atoms with E-state index in [2.05, 4.69) is 45.1 Å². The van der Waals surface area contributed by atoms with Gasteiger partial charge in [-0.2, -0.15) is 0 Å². The Morgan fingerprint density at radius 2 is 1.55 bits per heavy atom.